The summed E-state index contributed by atoms with van der Waals surface area (Å²) < 4.78 is 5.04. The van der Waals surface area contributed by atoms with Gasteiger partial charge in [0, 0.05) is 5.56 Å². The van der Waals surface area contributed by atoms with Crippen LogP contribution in [0.15, 0.2) is 6.07 Å². The predicted octanol–water partition coefficient (Wildman–Crippen LogP) is 2.67. The Bertz CT molecular complexity index is 424. The molecule has 4 nitrogen and oxygen atoms in total. The fourth-order valence-electron chi connectivity index (χ4n) is 1.52. The van der Waals surface area contributed by atoms with E-state index in [0.717, 1.165) is 12.8 Å². The van der Waals surface area contributed by atoms with Crippen LogP contribution in [0.3, 0.4) is 0 Å². The zero-order valence-electron chi connectivity index (χ0n) is 10.4. The number of aryl methyl sites for hydroxylation is 1. The molecule has 0 bridgehead atoms. The second-order valence-electron chi connectivity index (χ2n) is 4.05. The van der Waals surface area contributed by atoms with Crippen LogP contribution in [0.1, 0.15) is 41.3 Å². The van der Waals surface area contributed by atoms with E-state index in [2.05, 4.69) is 0 Å². The largest absolute Gasteiger partial charge is 0.508 e. The Kier molecular flexibility index (Phi) is 4.37. The Morgan fingerprint density at radius 3 is 2.59 bits per heavy atom. The van der Waals surface area contributed by atoms with Crippen molar-refractivity contribution in [2.24, 2.45) is 0 Å². The van der Waals surface area contributed by atoms with Crippen LogP contribution >= 0.6 is 0 Å². The lowest BCUT2D eigenvalue weighted by molar-refractivity contribution is 0.0495. The van der Waals surface area contributed by atoms with Crippen LogP contribution in [0.4, 0.5) is 0 Å². The van der Waals surface area contributed by atoms with E-state index >= 15 is 0 Å². The molecule has 0 saturated heterocycles. The fourth-order valence-corrected chi connectivity index (χ4v) is 1.52. The summed E-state index contributed by atoms with van der Waals surface area (Å²) in [7, 11) is 0. The lowest BCUT2D eigenvalue weighted by atomic mass is 10.0. The second kappa shape index (κ2) is 5.57. The quantitative estimate of drug-likeness (QED) is 0.625. The predicted molar refractivity (Wildman–Crippen MR) is 64.4 cm³/mol. The molecule has 17 heavy (non-hydrogen) atoms. The van der Waals surface area contributed by atoms with E-state index in [0.29, 0.717) is 12.2 Å². The van der Waals surface area contributed by atoms with E-state index in [1.165, 1.54) is 6.07 Å². The summed E-state index contributed by atoms with van der Waals surface area (Å²) in [4.78, 5) is 11.8. The zero-order valence-corrected chi connectivity index (χ0v) is 10.4. The second-order valence-corrected chi connectivity index (χ2v) is 4.05. The van der Waals surface area contributed by atoms with Gasteiger partial charge in [0.2, 0.25) is 0 Å². The average molecular weight is 238 g/mol. The monoisotopic (exact) mass is 238 g/mol. The highest BCUT2D eigenvalue weighted by atomic mass is 16.5. The number of rotatable bonds is 4. The first-order chi connectivity index (χ1) is 7.99. The molecule has 0 aliphatic rings. The van der Waals surface area contributed by atoms with Gasteiger partial charge < -0.3 is 14.9 Å². The van der Waals surface area contributed by atoms with Crippen molar-refractivity contribution in [1.29, 1.82) is 0 Å². The first-order valence-electron chi connectivity index (χ1n) is 5.68. The third kappa shape index (κ3) is 2.90. The molecule has 0 heterocycles. The van der Waals surface area contributed by atoms with Gasteiger partial charge in [-0.2, -0.15) is 0 Å². The smallest absolute Gasteiger partial charge is 0.342 e. The number of hydrogen-bond donors (Lipinski definition) is 2. The summed E-state index contributed by atoms with van der Waals surface area (Å²) in [5, 5.41) is 19.3. The number of unbranched alkanes of at least 4 members (excludes halogenated alkanes) is 1. The van der Waals surface area contributed by atoms with Gasteiger partial charge in [-0.15, -0.1) is 0 Å². The fraction of sp³-hybridized carbons (Fsp3) is 0.462. The van der Waals surface area contributed by atoms with Crippen LogP contribution in [-0.4, -0.2) is 22.8 Å². The molecular weight excluding hydrogens is 220 g/mol. The molecule has 0 aliphatic carbocycles. The molecule has 4 heteroatoms. The van der Waals surface area contributed by atoms with Gasteiger partial charge in [-0.25, -0.2) is 4.79 Å². The van der Waals surface area contributed by atoms with Crippen LogP contribution in [0.25, 0.3) is 0 Å². The molecule has 0 atom stereocenters. The van der Waals surface area contributed by atoms with Gasteiger partial charge in [-0.05, 0) is 31.9 Å². The van der Waals surface area contributed by atoms with Crippen LogP contribution in [0.5, 0.6) is 11.5 Å². The summed E-state index contributed by atoms with van der Waals surface area (Å²) in [6.07, 6.45) is 1.73. The summed E-state index contributed by atoms with van der Waals surface area (Å²) in [5.41, 5.74) is 0.932. The van der Waals surface area contributed by atoms with Crippen molar-refractivity contribution in [1.82, 2.24) is 0 Å². The lowest BCUT2D eigenvalue weighted by Crippen LogP contribution is -2.09. The Balaban J connectivity index is 2.97. The van der Waals surface area contributed by atoms with Crippen molar-refractivity contribution >= 4 is 5.97 Å². The molecule has 0 radical (unpaired) electrons. The molecule has 0 unspecified atom stereocenters. The summed E-state index contributed by atoms with van der Waals surface area (Å²) in [6, 6.07) is 1.45. The molecule has 0 aromatic heterocycles. The van der Waals surface area contributed by atoms with Crippen molar-refractivity contribution in [2.75, 3.05) is 6.61 Å². The number of ether oxygens (including phenoxy) is 1. The van der Waals surface area contributed by atoms with E-state index in [4.69, 9.17) is 4.74 Å². The number of phenols is 2. The van der Waals surface area contributed by atoms with Gasteiger partial charge in [0.15, 0.2) is 0 Å². The Labute approximate surface area is 101 Å². The molecule has 94 valence electrons. The Morgan fingerprint density at radius 2 is 2.00 bits per heavy atom. The summed E-state index contributed by atoms with van der Waals surface area (Å²) in [6.45, 7) is 5.54. The third-order valence-corrected chi connectivity index (χ3v) is 2.66. The van der Waals surface area contributed by atoms with Crippen molar-refractivity contribution in [2.45, 2.75) is 33.6 Å². The van der Waals surface area contributed by atoms with E-state index in [1.54, 1.807) is 13.8 Å². The van der Waals surface area contributed by atoms with Gasteiger partial charge in [0.1, 0.15) is 17.1 Å². The van der Waals surface area contributed by atoms with Crippen molar-refractivity contribution < 1.29 is 19.7 Å². The highest BCUT2D eigenvalue weighted by Crippen LogP contribution is 2.32. The number of esters is 1. The van der Waals surface area contributed by atoms with Crippen LogP contribution in [0.2, 0.25) is 0 Å². The molecule has 0 aliphatic heterocycles. The zero-order chi connectivity index (χ0) is 13.0. The maximum Gasteiger partial charge on any atom is 0.342 e. The standard InChI is InChI=1S/C13H18O4/c1-4-5-6-17-13(16)11-8(2)7-10(14)9(3)12(11)15/h7,14-15H,4-6H2,1-3H3. The van der Waals surface area contributed by atoms with Crippen LogP contribution in [0, 0.1) is 13.8 Å². The number of phenolic OH excluding ortho intramolecular Hbond substituents is 2. The molecule has 0 saturated carbocycles. The average Bonchev–Trinajstić information content (AvgIpc) is 2.26. The lowest BCUT2D eigenvalue weighted by Gasteiger charge is -2.11. The van der Waals surface area contributed by atoms with Crippen LogP contribution < -0.4 is 0 Å². The van der Waals surface area contributed by atoms with Gasteiger partial charge >= 0.3 is 5.97 Å². The van der Waals surface area contributed by atoms with Gasteiger partial charge in [0.25, 0.3) is 0 Å². The first kappa shape index (κ1) is 13.4. The SMILES string of the molecule is CCCCOC(=O)c1c(C)cc(O)c(C)c1O. The Hall–Kier alpha value is -1.71. The topological polar surface area (TPSA) is 66.8 Å². The Morgan fingerprint density at radius 1 is 1.35 bits per heavy atom. The molecule has 1 rings (SSSR count). The maximum atomic E-state index is 11.8. The van der Waals surface area contributed by atoms with Crippen molar-refractivity contribution in [3.63, 3.8) is 0 Å². The minimum Gasteiger partial charge on any atom is -0.508 e. The van der Waals surface area contributed by atoms with E-state index < -0.39 is 5.97 Å². The summed E-state index contributed by atoms with van der Waals surface area (Å²) in [5.74, 6) is -0.773. The first-order valence-corrected chi connectivity index (χ1v) is 5.68. The number of carbonyl (C=O) groups is 1. The molecular formula is C13H18O4. The highest BCUT2D eigenvalue weighted by molar-refractivity contribution is 5.95. The summed E-state index contributed by atoms with van der Waals surface area (Å²) >= 11 is 0. The molecule has 1 aromatic carbocycles. The van der Waals surface area contributed by atoms with Crippen molar-refractivity contribution in [3.8, 4) is 11.5 Å². The number of benzene rings is 1. The normalized spacial score (nSPS) is 10.3. The van der Waals surface area contributed by atoms with Gasteiger partial charge in [0.05, 0.1) is 6.61 Å². The number of hydrogen-bond acceptors (Lipinski definition) is 4. The minimum atomic E-state index is -0.545. The molecule has 1 aromatic rings. The maximum absolute atomic E-state index is 11.8. The highest BCUT2D eigenvalue weighted by Gasteiger charge is 2.19. The van der Waals surface area contributed by atoms with E-state index in [-0.39, 0.29) is 22.6 Å². The van der Waals surface area contributed by atoms with E-state index in [9.17, 15) is 15.0 Å². The number of carbonyl (C=O) groups excluding carboxylic acids is 1. The van der Waals surface area contributed by atoms with Crippen LogP contribution in [-0.2, 0) is 4.74 Å². The minimum absolute atomic E-state index is 0.0230. The molecule has 2 N–H and O–H groups in total. The van der Waals surface area contributed by atoms with Crippen molar-refractivity contribution in [3.05, 3.63) is 22.8 Å². The van der Waals surface area contributed by atoms with Gasteiger partial charge in [-0.1, -0.05) is 13.3 Å². The number of aromatic hydroxyl groups is 2. The molecule has 0 fully saturated rings. The molecule has 0 amide bonds. The van der Waals surface area contributed by atoms with Gasteiger partial charge in [-0.3, -0.25) is 0 Å². The molecule has 0 spiro atoms. The van der Waals surface area contributed by atoms with E-state index in [1.807, 2.05) is 6.92 Å². The third-order valence-electron chi connectivity index (χ3n) is 2.66.